The fourth-order valence-corrected chi connectivity index (χ4v) is 3.72. The van der Waals surface area contributed by atoms with E-state index in [1.165, 1.54) is 17.3 Å². The number of hydrogen-bond donors (Lipinski definition) is 2. The molecule has 0 radical (unpaired) electrons. The predicted molar refractivity (Wildman–Crippen MR) is 99.3 cm³/mol. The number of aromatic nitrogens is 2. The topological polar surface area (TPSA) is 74.8 Å². The van der Waals surface area contributed by atoms with Crippen LogP contribution in [0.25, 0.3) is 11.0 Å². The summed E-state index contributed by atoms with van der Waals surface area (Å²) in [5.41, 5.74) is 5.58. The number of carbonyl (C=O) groups excluding carboxylic acids is 2. The molecule has 6 heteroatoms. The molecule has 0 atom stereocenters. The van der Waals surface area contributed by atoms with E-state index in [4.69, 9.17) is 0 Å². The first-order chi connectivity index (χ1) is 12.1. The van der Waals surface area contributed by atoms with Gasteiger partial charge in [-0.05, 0) is 54.8 Å². The smallest absolute Gasteiger partial charge is 0.224 e. The molecule has 2 heterocycles. The van der Waals surface area contributed by atoms with Gasteiger partial charge < -0.3 is 10.3 Å². The van der Waals surface area contributed by atoms with Gasteiger partial charge in [-0.15, -0.1) is 0 Å². The molecule has 3 aromatic rings. The number of thioether (sulfide) groups is 1. The van der Waals surface area contributed by atoms with Crippen molar-refractivity contribution in [3.63, 3.8) is 0 Å². The lowest BCUT2D eigenvalue weighted by Gasteiger charge is -2.17. The number of Topliss-reactive ketones (excluding diaryl/α,β-unsaturated/α-hetero) is 1. The first-order valence-corrected chi connectivity index (χ1v) is 9.12. The lowest BCUT2D eigenvalue weighted by Crippen LogP contribution is -2.19. The Balaban J connectivity index is 1.47. The van der Waals surface area contributed by atoms with E-state index in [1.54, 1.807) is 6.07 Å². The highest BCUT2D eigenvalue weighted by atomic mass is 32.2. The van der Waals surface area contributed by atoms with Crippen LogP contribution in [0.5, 0.6) is 0 Å². The highest BCUT2D eigenvalue weighted by Crippen LogP contribution is 2.25. The Morgan fingerprint density at radius 3 is 2.96 bits per heavy atom. The number of H-pyrrole nitrogens is 1. The van der Waals surface area contributed by atoms with Crippen molar-refractivity contribution in [3.8, 4) is 0 Å². The molecule has 4 rings (SSSR count). The van der Waals surface area contributed by atoms with E-state index in [9.17, 15) is 9.59 Å². The maximum absolute atomic E-state index is 12.5. The molecule has 1 amide bonds. The number of anilines is 1. The second-order valence-corrected chi connectivity index (χ2v) is 7.16. The Kier molecular flexibility index (Phi) is 4.05. The monoisotopic (exact) mass is 351 g/mol. The molecular weight excluding hydrogens is 334 g/mol. The van der Waals surface area contributed by atoms with Gasteiger partial charge >= 0.3 is 0 Å². The largest absolute Gasteiger partial charge is 0.333 e. The number of ketones is 1. The maximum atomic E-state index is 12.5. The number of amides is 1. The van der Waals surface area contributed by atoms with Crippen molar-refractivity contribution in [2.75, 3.05) is 11.1 Å². The summed E-state index contributed by atoms with van der Waals surface area (Å²) in [6, 6.07) is 11.5. The average Bonchev–Trinajstić information content (AvgIpc) is 3.01. The Labute approximate surface area is 149 Å². The van der Waals surface area contributed by atoms with E-state index in [0.29, 0.717) is 24.2 Å². The molecule has 126 valence electrons. The van der Waals surface area contributed by atoms with Gasteiger partial charge in [-0.25, -0.2) is 4.98 Å². The minimum Gasteiger partial charge on any atom is -0.333 e. The van der Waals surface area contributed by atoms with Crippen LogP contribution < -0.4 is 5.32 Å². The molecule has 2 aromatic carbocycles. The maximum Gasteiger partial charge on any atom is 0.224 e. The van der Waals surface area contributed by atoms with Gasteiger partial charge in [-0.2, -0.15) is 0 Å². The molecule has 0 unspecified atom stereocenters. The number of carbonyl (C=O) groups is 2. The van der Waals surface area contributed by atoms with Crippen LogP contribution in [0, 0.1) is 6.92 Å². The zero-order valence-electron chi connectivity index (χ0n) is 13.8. The Bertz CT molecular complexity index is 993. The first kappa shape index (κ1) is 15.9. The number of rotatable bonds is 4. The van der Waals surface area contributed by atoms with E-state index < -0.39 is 0 Å². The van der Waals surface area contributed by atoms with Crippen LogP contribution in [-0.4, -0.2) is 27.4 Å². The van der Waals surface area contributed by atoms with Gasteiger partial charge in [-0.3, -0.25) is 9.59 Å². The van der Waals surface area contributed by atoms with Crippen molar-refractivity contribution < 1.29 is 9.59 Å². The summed E-state index contributed by atoms with van der Waals surface area (Å²) in [5, 5.41) is 3.58. The third kappa shape index (κ3) is 3.30. The number of fused-ring (bicyclic) bond motifs is 2. The standard InChI is InChI=1S/C19H17N3O2S/c1-11-2-5-15-16(8-11)22-19(21-15)25-10-17(23)13-3-6-14-12(9-13)4-7-18(24)20-14/h2-3,5-6,8-9H,4,7,10H2,1H3,(H,20,24)(H,21,22). The van der Waals surface area contributed by atoms with Gasteiger partial charge in [0.1, 0.15) is 0 Å². The molecule has 0 saturated carbocycles. The summed E-state index contributed by atoms with van der Waals surface area (Å²) in [4.78, 5) is 31.7. The number of benzene rings is 2. The first-order valence-electron chi connectivity index (χ1n) is 8.13. The van der Waals surface area contributed by atoms with Gasteiger partial charge in [-0.1, -0.05) is 17.8 Å². The molecule has 1 aliphatic heterocycles. The van der Waals surface area contributed by atoms with Crippen LogP contribution in [0.3, 0.4) is 0 Å². The number of imidazole rings is 1. The fourth-order valence-electron chi connectivity index (χ4n) is 2.94. The highest BCUT2D eigenvalue weighted by molar-refractivity contribution is 7.99. The van der Waals surface area contributed by atoms with Crippen LogP contribution in [0.1, 0.15) is 27.9 Å². The molecule has 2 N–H and O–H groups in total. The minimum absolute atomic E-state index is 0.0299. The summed E-state index contributed by atoms with van der Waals surface area (Å²) in [6.45, 7) is 2.04. The number of nitrogens with one attached hydrogen (secondary N) is 2. The molecule has 5 nitrogen and oxygen atoms in total. The zero-order chi connectivity index (χ0) is 17.4. The number of nitrogens with zero attached hydrogens (tertiary/aromatic N) is 1. The van der Waals surface area contributed by atoms with Crippen LogP contribution in [-0.2, 0) is 11.2 Å². The summed E-state index contributed by atoms with van der Waals surface area (Å²) in [6.07, 6.45) is 1.15. The molecule has 0 spiro atoms. The Morgan fingerprint density at radius 1 is 1.20 bits per heavy atom. The van der Waals surface area contributed by atoms with Gasteiger partial charge in [0.15, 0.2) is 10.9 Å². The minimum atomic E-state index is 0.0299. The SMILES string of the molecule is Cc1ccc2nc(SCC(=O)c3ccc4c(c3)CCC(=O)N4)[nH]c2c1. The van der Waals surface area contributed by atoms with Gasteiger partial charge in [0, 0.05) is 17.7 Å². The van der Waals surface area contributed by atoms with Crippen LogP contribution in [0.15, 0.2) is 41.6 Å². The third-order valence-corrected chi connectivity index (χ3v) is 5.15. The van der Waals surface area contributed by atoms with Crippen LogP contribution in [0.4, 0.5) is 5.69 Å². The van der Waals surface area contributed by atoms with Crippen LogP contribution in [0.2, 0.25) is 0 Å². The van der Waals surface area contributed by atoms with Crippen molar-refractivity contribution in [2.24, 2.45) is 0 Å². The lowest BCUT2D eigenvalue weighted by molar-refractivity contribution is -0.116. The second-order valence-electron chi connectivity index (χ2n) is 6.19. The molecule has 0 fully saturated rings. The molecule has 0 bridgehead atoms. The fraction of sp³-hybridized carbons (Fsp3) is 0.211. The number of aromatic amines is 1. The summed E-state index contributed by atoms with van der Waals surface area (Å²) in [5.74, 6) is 0.410. The van der Waals surface area contributed by atoms with Crippen molar-refractivity contribution in [3.05, 3.63) is 53.1 Å². The van der Waals surface area contributed by atoms with Crippen molar-refractivity contribution in [2.45, 2.75) is 24.9 Å². The normalized spacial score (nSPS) is 13.6. The Hall–Kier alpha value is -2.60. The molecular formula is C19H17N3O2S. The Morgan fingerprint density at radius 2 is 2.08 bits per heavy atom. The molecule has 0 aliphatic carbocycles. The van der Waals surface area contributed by atoms with Gasteiger partial charge in [0.2, 0.25) is 5.91 Å². The summed E-state index contributed by atoms with van der Waals surface area (Å²) >= 11 is 1.41. The molecule has 25 heavy (non-hydrogen) atoms. The molecule has 1 aliphatic rings. The zero-order valence-corrected chi connectivity index (χ0v) is 14.6. The highest BCUT2D eigenvalue weighted by Gasteiger charge is 2.17. The van der Waals surface area contributed by atoms with Crippen LogP contribution >= 0.6 is 11.8 Å². The number of aryl methyl sites for hydroxylation is 2. The average molecular weight is 351 g/mol. The van der Waals surface area contributed by atoms with E-state index in [1.807, 2.05) is 37.3 Å². The summed E-state index contributed by atoms with van der Waals surface area (Å²) < 4.78 is 0. The summed E-state index contributed by atoms with van der Waals surface area (Å²) in [7, 11) is 0. The molecule has 1 aromatic heterocycles. The lowest BCUT2D eigenvalue weighted by atomic mass is 9.99. The van der Waals surface area contributed by atoms with E-state index in [0.717, 1.165) is 27.4 Å². The van der Waals surface area contributed by atoms with Gasteiger partial charge in [0.05, 0.1) is 16.8 Å². The van der Waals surface area contributed by atoms with Gasteiger partial charge in [0.25, 0.3) is 0 Å². The van der Waals surface area contributed by atoms with Crippen molar-refractivity contribution in [1.82, 2.24) is 9.97 Å². The van der Waals surface area contributed by atoms with E-state index in [-0.39, 0.29) is 11.7 Å². The number of hydrogen-bond acceptors (Lipinski definition) is 4. The quantitative estimate of drug-likeness (QED) is 0.555. The third-order valence-electron chi connectivity index (χ3n) is 4.28. The van der Waals surface area contributed by atoms with Crippen molar-refractivity contribution >= 4 is 40.2 Å². The second kappa shape index (κ2) is 6.37. The van der Waals surface area contributed by atoms with Crippen molar-refractivity contribution in [1.29, 1.82) is 0 Å². The predicted octanol–water partition coefficient (Wildman–Crippen LogP) is 3.73. The van der Waals surface area contributed by atoms with E-state index in [2.05, 4.69) is 15.3 Å². The van der Waals surface area contributed by atoms with E-state index >= 15 is 0 Å². The molecule has 0 saturated heterocycles.